The molecule has 0 aromatic rings. The lowest BCUT2D eigenvalue weighted by Crippen LogP contribution is -2.53. The fourth-order valence-electron chi connectivity index (χ4n) is 2.76. The van der Waals surface area contributed by atoms with Gasteiger partial charge in [-0.25, -0.2) is 0 Å². The maximum absolute atomic E-state index is 12.6. The highest BCUT2D eigenvalue weighted by Gasteiger charge is 2.43. The smallest absolute Gasteiger partial charge is 0.369 e. The summed E-state index contributed by atoms with van der Waals surface area (Å²) in [4.78, 5) is 12.9. The number of likely N-dealkylation sites (tertiary alicyclic amines) is 1. The molecule has 0 radical (unpaired) electrons. The minimum Gasteiger partial charge on any atom is -0.369 e. The second-order valence-corrected chi connectivity index (χ2v) is 6.25. The molecule has 2 N–H and O–H groups in total. The summed E-state index contributed by atoms with van der Waals surface area (Å²) in [7, 11) is 0. The zero-order valence-corrected chi connectivity index (χ0v) is 11.8. The summed E-state index contributed by atoms with van der Waals surface area (Å²) in [6.07, 6.45) is -2.74. The maximum atomic E-state index is 12.6. The predicted octanol–water partition coefficient (Wildman–Crippen LogP) is 2.55. The van der Waals surface area contributed by atoms with Crippen LogP contribution in [-0.2, 0) is 4.79 Å². The van der Waals surface area contributed by atoms with E-state index < -0.39 is 24.0 Å². The van der Waals surface area contributed by atoms with Crippen molar-refractivity contribution in [3.63, 3.8) is 0 Å². The SMILES string of the molecule is CC(C)CC1CC(C)(C(N)=O)CCN1CC(F)(F)F. The Morgan fingerprint density at radius 1 is 1.47 bits per heavy atom. The van der Waals surface area contributed by atoms with Crippen molar-refractivity contribution in [3.05, 3.63) is 0 Å². The predicted molar refractivity (Wildman–Crippen MR) is 67.4 cm³/mol. The van der Waals surface area contributed by atoms with E-state index >= 15 is 0 Å². The van der Waals surface area contributed by atoms with Crippen LogP contribution in [0.15, 0.2) is 0 Å². The average Bonchev–Trinajstić information content (AvgIpc) is 2.19. The summed E-state index contributed by atoms with van der Waals surface area (Å²) in [6, 6.07) is -0.229. The Kier molecular flexibility index (Phi) is 4.87. The molecule has 2 atom stereocenters. The minimum atomic E-state index is -4.20. The van der Waals surface area contributed by atoms with E-state index in [2.05, 4.69) is 0 Å². The molecule has 1 rings (SSSR count). The monoisotopic (exact) mass is 280 g/mol. The Morgan fingerprint density at radius 2 is 2.05 bits per heavy atom. The van der Waals surface area contributed by atoms with Crippen molar-refractivity contribution in [2.75, 3.05) is 13.1 Å². The van der Waals surface area contributed by atoms with Crippen molar-refractivity contribution in [3.8, 4) is 0 Å². The van der Waals surface area contributed by atoms with Gasteiger partial charge in [0, 0.05) is 11.5 Å². The summed E-state index contributed by atoms with van der Waals surface area (Å²) in [5.74, 6) is -0.121. The van der Waals surface area contributed by atoms with Crippen LogP contribution in [0.25, 0.3) is 0 Å². The average molecular weight is 280 g/mol. The number of primary amides is 1. The number of piperidine rings is 1. The van der Waals surface area contributed by atoms with Gasteiger partial charge in [-0.2, -0.15) is 13.2 Å². The fourth-order valence-corrected chi connectivity index (χ4v) is 2.76. The molecule has 112 valence electrons. The van der Waals surface area contributed by atoms with Gasteiger partial charge in [0.05, 0.1) is 6.54 Å². The molecule has 1 saturated heterocycles. The first-order valence-corrected chi connectivity index (χ1v) is 6.64. The Hall–Kier alpha value is -0.780. The van der Waals surface area contributed by atoms with E-state index in [0.717, 1.165) is 0 Å². The topological polar surface area (TPSA) is 46.3 Å². The van der Waals surface area contributed by atoms with Gasteiger partial charge in [0.25, 0.3) is 0 Å². The van der Waals surface area contributed by atoms with Crippen molar-refractivity contribution in [2.45, 2.75) is 52.3 Å². The zero-order valence-electron chi connectivity index (χ0n) is 11.8. The number of nitrogens with zero attached hydrogens (tertiary/aromatic N) is 1. The van der Waals surface area contributed by atoms with Gasteiger partial charge in [-0.3, -0.25) is 9.69 Å². The van der Waals surface area contributed by atoms with E-state index in [-0.39, 0.29) is 18.5 Å². The van der Waals surface area contributed by atoms with Crippen LogP contribution in [0.2, 0.25) is 0 Å². The molecule has 0 aliphatic carbocycles. The first-order chi connectivity index (χ1) is 8.53. The second-order valence-electron chi connectivity index (χ2n) is 6.25. The van der Waals surface area contributed by atoms with Crippen LogP contribution in [0.4, 0.5) is 13.2 Å². The lowest BCUT2D eigenvalue weighted by atomic mass is 9.74. The first-order valence-electron chi connectivity index (χ1n) is 6.64. The molecule has 0 saturated carbocycles. The highest BCUT2D eigenvalue weighted by Crippen LogP contribution is 2.37. The number of alkyl halides is 3. The zero-order chi connectivity index (χ0) is 14.8. The van der Waals surface area contributed by atoms with Crippen molar-refractivity contribution < 1.29 is 18.0 Å². The molecular formula is C13H23F3N2O. The highest BCUT2D eigenvalue weighted by atomic mass is 19.4. The lowest BCUT2D eigenvalue weighted by Gasteiger charge is -2.44. The Morgan fingerprint density at radius 3 is 2.47 bits per heavy atom. The largest absolute Gasteiger partial charge is 0.401 e. The second kappa shape index (κ2) is 5.69. The number of rotatable bonds is 4. The van der Waals surface area contributed by atoms with Crippen LogP contribution < -0.4 is 5.73 Å². The summed E-state index contributed by atoms with van der Waals surface area (Å²) in [5, 5.41) is 0. The van der Waals surface area contributed by atoms with E-state index in [1.165, 1.54) is 4.90 Å². The van der Waals surface area contributed by atoms with E-state index in [4.69, 9.17) is 5.73 Å². The highest BCUT2D eigenvalue weighted by molar-refractivity contribution is 5.80. The standard InChI is InChI=1S/C13H23F3N2O/c1-9(2)6-10-7-12(3,11(17)19)4-5-18(10)8-13(14,15)16/h9-10H,4-8H2,1-3H3,(H2,17,19). The molecule has 1 aliphatic rings. The van der Waals surface area contributed by atoms with Gasteiger partial charge in [0.1, 0.15) is 0 Å². The lowest BCUT2D eigenvalue weighted by molar-refractivity contribution is -0.160. The first kappa shape index (κ1) is 16.3. The maximum Gasteiger partial charge on any atom is 0.401 e. The summed E-state index contributed by atoms with van der Waals surface area (Å²) < 4.78 is 37.7. The molecule has 1 aliphatic heterocycles. The Labute approximate surface area is 112 Å². The van der Waals surface area contributed by atoms with Crippen molar-refractivity contribution in [2.24, 2.45) is 17.1 Å². The van der Waals surface area contributed by atoms with Crippen LogP contribution in [0.3, 0.4) is 0 Å². The van der Waals surface area contributed by atoms with Gasteiger partial charge in [-0.1, -0.05) is 20.8 Å². The molecule has 0 bridgehead atoms. The third-order valence-corrected chi connectivity index (χ3v) is 3.87. The van der Waals surface area contributed by atoms with Crippen molar-refractivity contribution in [1.82, 2.24) is 4.90 Å². The van der Waals surface area contributed by atoms with Gasteiger partial charge >= 0.3 is 6.18 Å². The molecule has 19 heavy (non-hydrogen) atoms. The number of amides is 1. The van der Waals surface area contributed by atoms with Gasteiger partial charge in [0.15, 0.2) is 0 Å². The van der Waals surface area contributed by atoms with E-state index in [1.807, 2.05) is 13.8 Å². The summed E-state index contributed by atoms with van der Waals surface area (Å²) in [5.41, 5.74) is 4.71. The number of hydrogen-bond acceptors (Lipinski definition) is 2. The van der Waals surface area contributed by atoms with Gasteiger partial charge < -0.3 is 5.73 Å². The molecule has 0 aromatic carbocycles. The van der Waals surface area contributed by atoms with Crippen molar-refractivity contribution >= 4 is 5.91 Å². The van der Waals surface area contributed by atoms with E-state index in [9.17, 15) is 18.0 Å². The molecular weight excluding hydrogens is 257 g/mol. The summed E-state index contributed by atoms with van der Waals surface area (Å²) >= 11 is 0. The molecule has 3 nitrogen and oxygen atoms in total. The third kappa shape index (κ3) is 4.67. The number of carbonyl (C=O) groups excluding carboxylic acids is 1. The molecule has 2 unspecified atom stereocenters. The van der Waals surface area contributed by atoms with Gasteiger partial charge in [-0.05, 0) is 31.7 Å². The number of halogens is 3. The Bertz CT molecular complexity index is 330. The summed E-state index contributed by atoms with van der Waals surface area (Å²) in [6.45, 7) is 5.08. The van der Waals surface area contributed by atoms with Crippen LogP contribution in [-0.4, -0.2) is 36.1 Å². The quantitative estimate of drug-likeness (QED) is 0.860. The van der Waals surface area contributed by atoms with Crippen LogP contribution in [0.5, 0.6) is 0 Å². The minimum absolute atomic E-state index is 0.229. The van der Waals surface area contributed by atoms with Crippen LogP contribution in [0.1, 0.15) is 40.0 Å². The van der Waals surface area contributed by atoms with E-state index in [0.29, 0.717) is 19.3 Å². The molecule has 1 fully saturated rings. The molecule has 1 heterocycles. The molecule has 0 spiro atoms. The van der Waals surface area contributed by atoms with Gasteiger partial charge in [0.2, 0.25) is 5.91 Å². The Balaban J connectivity index is 2.81. The number of carbonyl (C=O) groups is 1. The van der Waals surface area contributed by atoms with Crippen LogP contribution >= 0.6 is 0 Å². The fraction of sp³-hybridized carbons (Fsp3) is 0.923. The van der Waals surface area contributed by atoms with Gasteiger partial charge in [-0.15, -0.1) is 0 Å². The van der Waals surface area contributed by atoms with Crippen molar-refractivity contribution in [1.29, 1.82) is 0 Å². The van der Waals surface area contributed by atoms with Crippen LogP contribution in [0, 0.1) is 11.3 Å². The normalized spacial score (nSPS) is 29.7. The number of nitrogens with two attached hydrogens (primary N) is 1. The van der Waals surface area contributed by atoms with E-state index in [1.54, 1.807) is 6.92 Å². The molecule has 0 aromatic heterocycles. The third-order valence-electron chi connectivity index (χ3n) is 3.87. The molecule has 6 heteroatoms. The molecule has 1 amide bonds. The number of hydrogen-bond donors (Lipinski definition) is 1.